The number of carbonyl (C=O) groups is 1. The second-order valence-corrected chi connectivity index (χ2v) is 8.42. The Kier molecular flexibility index (Phi) is 4.23. The number of fused-ring (bicyclic) bond motifs is 2. The molecule has 3 heterocycles. The average molecular weight is 392 g/mol. The molecule has 0 bridgehead atoms. The van der Waals surface area contributed by atoms with Crippen LogP contribution in [0, 0.1) is 12.3 Å². The van der Waals surface area contributed by atoms with Crippen molar-refractivity contribution in [3.05, 3.63) is 53.4 Å². The first-order valence-electron chi connectivity index (χ1n) is 10.0. The van der Waals surface area contributed by atoms with E-state index in [-0.39, 0.29) is 18.1 Å². The number of rotatable bonds is 3. The van der Waals surface area contributed by atoms with Crippen LogP contribution in [0.3, 0.4) is 0 Å². The minimum Gasteiger partial charge on any atom is -0.454 e. The van der Waals surface area contributed by atoms with E-state index in [2.05, 4.69) is 24.0 Å². The highest BCUT2D eigenvalue weighted by molar-refractivity contribution is 5.97. The number of oxazole rings is 1. The van der Waals surface area contributed by atoms with Gasteiger partial charge in [0.1, 0.15) is 5.52 Å². The maximum atomic E-state index is 13.2. The molecule has 0 aliphatic carbocycles. The second-order valence-electron chi connectivity index (χ2n) is 8.42. The summed E-state index contributed by atoms with van der Waals surface area (Å²) >= 11 is 0. The lowest BCUT2D eigenvalue weighted by Gasteiger charge is -2.40. The predicted molar refractivity (Wildman–Crippen MR) is 108 cm³/mol. The van der Waals surface area contributed by atoms with E-state index in [9.17, 15) is 4.79 Å². The summed E-state index contributed by atoms with van der Waals surface area (Å²) in [5, 5.41) is 0. The Bertz CT molecular complexity index is 1090. The molecule has 2 aromatic carbocycles. The summed E-state index contributed by atoms with van der Waals surface area (Å²) in [6.45, 7) is 5.87. The van der Waals surface area contributed by atoms with Crippen molar-refractivity contribution >= 4 is 17.0 Å². The highest BCUT2D eigenvalue weighted by atomic mass is 16.7. The Labute approximate surface area is 169 Å². The summed E-state index contributed by atoms with van der Waals surface area (Å²) in [5.41, 5.74) is 3.33. The number of hydrogen-bond donors (Lipinski definition) is 0. The number of aryl methyl sites for hydroxylation is 1. The van der Waals surface area contributed by atoms with Gasteiger partial charge in [0.2, 0.25) is 6.79 Å². The fraction of sp³-hybridized carbons (Fsp3) is 0.391. The molecular weight excluding hydrogens is 368 g/mol. The van der Waals surface area contributed by atoms with Crippen LogP contribution in [0.15, 0.2) is 40.8 Å². The topological polar surface area (TPSA) is 64.8 Å². The van der Waals surface area contributed by atoms with Gasteiger partial charge >= 0.3 is 0 Å². The molecular formula is C23H24N2O4. The maximum absolute atomic E-state index is 13.2. The molecule has 0 N–H and O–H groups in total. The van der Waals surface area contributed by atoms with Crippen molar-refractivity contribution in [1.82, 2.24) is 9.88 Å². The summed E-state index contributed by atoms with van der Waals surface area (Å²) in [7, 11) is 0. The third-order valence-electron chi connectivity index (χ3n) is 5.88. The van der Waals surface area contributed by atoms with Gasteiger partial charge in [0.05, 0.1) is 0 Å². The monoisotopic (exact) mass is 392 g/mol. The number of carbonyl (C=O) groups excluding carboxylic acids is 1. The van der Waals surface area contributed by atoms with Crippen molar-refractivity contribution in [2.45, 2.75) is 33.1 Å². The van der Waals surface area contributed by atoms with Gasteiger partial charge in [-0.15, -0.1) is 0 Å². The van der Waals surface area contributed by atoms with Gasteiger partial charge in [0, 0.05) is 25.6 Å². The molecule has 0 spiro atoms. The SMILES string of the molecule is Cc1nc2ccc(C(=O)N3CCC[C@](C)(Cc4ccc5c(c4)OCO5)C3)cc2o1. The number of hydrogen-bond acceptors (Lipinski definition) is 5. The molecule has 1 aromatic heterocycles. The standard InChI is InChI=1S/C23H24N2O4/c1-15-24-18-6-5-17(11-20(18)29-15)22(26)25-9-3-8-23(2,13-25)12-16-4-7-19-21(10-16)28-14-27-19/h4-7,10-11H,3,8-9,12-14H2,1-2H3/t23-/m1/s1. The highest BCUT2D eigenvalue weighted by Crippen LogP contribution is 2.38. The summed E-state index contributed by atoms with van der Waals surface area (Å²) in [5.74, 6) is 2.28. The zero-order chi connectivity index (χ0) is 20.0. The van der Waals surface area contributed by atoms with E-state index in [1.807, 2.05) is 30.0 Å². The van der Waals surface area contributed by atoms with Gasteiger partial charge in [-0.2, -0.15) is 0 Å². The van der Waals surface area contributed by atoms with E-state index in [4.69, 9.17) is 13.9 Å². The van der Waals surface area contributed by atoms with Crippen LogP contribution < -0.4 is 9.47 Å². The molecule has 0 unspecified atom stereocenters. The summed E-state index contributed by atoms with van der Waals surface area (Å²) < 4.78 is 16.5. The number of ether oxygens (including phenoxy) is 2. The van der Waals surface area contributed by atoms with Crippen LogP contribution in [-0.2, 0) is 6.42 Å². The molecule has 0 radical (unpaired) electrons. The van der Waals surface area contributed by atoms with Crippen molar-refractivity contribution < 1.29 is 18.7 Å². The molecule has 29 heavy (non-hydrogen) atoms. The van der Waals surface area contributed by atoms with Crippen LogP contribution in [0.4, 0.5) is 0 Å². The van der Waals surface area contributed by atoms with E-state index in [1.165, 1.54) is 5.56 Å². The zero-order valence-electron chi connectivity index (χ0n) is 16.7. The van der Waals surface area contributed by atoms with E-state index < -0.39 is 0 Å². The Morgan fingerprint density at radius 1 is 1.17 bits per heavy atom. The Morgan fingerprint density at radius 2 is 2.03 bits per heavy atom. The molecule has 150 valence electrons. The highest BCUT2D eigenvalue weighted by Gasteiger charge is 2.34. The van der Waals surface area contributed by atoms with Crippen LogP contribution >= 0.6 is 0 Å². The molecule has 1 saturated heterocycles. The number of benzene rings is 2. The number of aromatic nitrogens is 1. The molecule has 2 aliphatic heterocycles. The first-order chi connectivity index (χ1) is 14.0. The molecule has 2 aliphatic rings. The number of likely N-dealkylation sites (tertiary alicyclic amines) is 1. The molecule has 6 heteroatoms. The van der Waals surface area contributed by atoms with Gasteiger partial charge in [-0.25, -0.2) is 4.98 Å². The summed E-state index contributed by atoms with van der Waals surface area (Å²) in [6, 6.07) is 11.6. The van der Waals surface area contributed by atoms with Crippen LogP contribution in [0.2, 0.25) is 0 Å². The van der Waals surface area contributed by atoms with Gasteiger partial charge < -0.3 is 18.8 Å². The molecule has 3 aromatic rings. The van der Waals surface area contributed by atoms with Gasteiger partial charge in [-0.3, -0.25) is 4.79 Å². The molecule has 1 fully saturated rings. The van der Waals surface area contributed by atoms with E-state index in [0.717, 1.165) is 49.4 Å². The van der Waals surface area contributed by atoms with Gasteiger partial charge in [-0.05, 0) is 60.6 Å². The maximum Gasteiger partial charge on any atom is 0.254 e. The second kappa shape index (κ2) is 6.79. The predicted octanol–water partition coefficient (Wildman–Crippen LogP) is 4.35. The largest absolute Gasteiger partial charge is 0.454 e. The van der Waals surface area contributed by atoms with Crippen molar-refractivity contribution in [2.24, 2.45) is 5.41 Å². The minimum absolute atomic E-state index is 0.0224. The van der Waals surface area contributed by atoms with E-state index in [0.29, 0.717) is 17.0 Å². The average Bonchev–Trinajstić information content (AvgIpc) is 3.31. The van der Waals surface area contributed by atoms with Crippen molar-refractivity contribution in [1.29, 1.82) is 0 Å². The Morgan fingerprint density at radius 3 is 2.93 bits per heavy atom. The normalized spacial score (nSPS) is 21.0. The molecule has 6 nitrogen and oxygen atoms in total. The summed E-state index contributed by atoms with van der Waals surface area (Å²) in [6.07, 6.45) is 2.98. The van der Waals surface area contributed by atoms with Crippen molar-refractivity contribution in [3.8, 4) is 11.5 Å². The lowest BCUT2D eigenvalue weighted by atomic mass is 9.76. The third-order valence-corrected chi connectivity index (χ3v) is 5.88. The van der Waals surface area contributed by atoms with Crippen molar-refractivity contribution in [3.63, 3.8) is 0 Å². The fourth-order valence-corrected chi connectivity index (χ4v) is 4.53. The van der Waals surface area contributed by atoms with Gasteiger partial charge in [0.15, 0.2) is 23.0 Å². The molecule has 5 rings (SSSR count). The smallest absolute Gasteiger partial charge is 0.254 e. The Balaban J connectivity index is 1.34. The van der Waals surface area contributed by atoms with E-state index >= 15 is 0 Å². The first-order valence-corrected chi connectivity index (χ1v) is 10.0. The quantitative estimate of drug-likeness (QED) is 0.663. The zero-order valence-corrected chi connectivity index (χ0v) is 16.7. The lowest BCUT2D eigenvalue weighted by Crippen LogP contribution is -2.45. The number of nitrogens with zero attached hydrogens (tertiary/aromatic N) is 2. The van der Waals surface area contributed by atoms with E-state index in [1.54, 1.807) is 6.07 Å². The van der Waals surface area contributed by atoms with Crippen molar-refractivity contribution in [2.75, 3.05) is 19.9 Å². The summed E-state index contributed by atoms with van der Waals surface area (Å²) in [4.78, 5) is 19.5. The fourth-order valence-electron chi connectivity index (χ4n) is 4.53. The minimum atomic E-state index is 0.0224. The Hall–Kier alpha value is -3.02. The third kappa shape index (κ3) is 3.43. The number of piperidine rings is 1. The lowest BCUT2D eigenvalue weighted by molar-refractivity contribution is 0.0550. The first kappa shape index (κ1) is 18.0. The van der Waals surface area contributed by atoms with Crippen LogP contribution in [-0.4, -0.2) is 35.7 Å². The van der Waals surface area contributed by atoms with Gasteiger partial charge in [-0.1, -0.05) is 13.0 Å². The van der Waals surface area contributed by atoms with Crippen LogP contribution in [0.25, 0.3) is 11.1 Å². The van der Waals surface area contributed by atoms with Gasteiger partial charge in [0.25, 0.3) is 5.91 Å². The molecule has 1 atom stereocenters. The van der Waals surface area contributed by atoms with Crippen LogP contribution in [0.1, 0.15) is 41.6 Å². The van der Waals surface area contributed by atoms with Crippen LogP contribution in [0.5, 0.6) is 11.5 Å². The number of amides is 1. The molecule has 1 amide bonds. The molecule has 0 saturated carbocycles.